The molecule has 0 bridgehead atoms. The van der Waals surface area contributed by atoms with E-state index in [1.165, 1.54) is 25.2 Å². The second-order valence-electron chi connectivity index (χ2n) is 4.12. The summed E-state index contributed by atoms with van der Waals surface area (Å²) in [7, 11) is -1.64. The number of hydrogen-bond donors (Lipinski definition) is 2. The molecule has 9 heteroatoms. The third-order valence-electron chi connectivity index (χ3n) is 2.48. The standard InChI is InChI=1S/C11H15N3O5S/c1-12-9-7-8(3-4-10(9)14(16)17)11(15)13-5-6-20(2,18)19/h3-4,7,12H,5-6H2,1-2H3,(H,13,15). The zero-order valence-electron chi connectivity index (χ0n) is 11.0. The molecule has 2 N–H and O–H groups in total. The lowest BCUT2D eigenvalue weighted by atomic mass is 10.1. The Morgan fingerprint density at radius 1 is 1.40 bits per heavy atom. The fourth-order valence-electron chi connectivity index (χ4n) is 1.49. The van der Waals surface area contributed by atoms with Crippen molar-refractivity contribution in [3.63, 3.8) is 0 Å². The van der Waals surface area contributed by atoms with Gasteiger partial charge in [-0.3, -0.25) is 14.9 Å². The lowest BCUT2D eigenvalue weighted by Gasteiger charge is -2.07. The summed E-state index contributed by atoms with van der Waals surface area (Å²) in [5.41, 5.74) is 0.291. The molecule has 1 aromatic carbocycles. The Labute approximate surface area is 116 Å². The van der Waals surface area contributed by atoms with Crippen molar-refractivity contribution in [1.29, 1.82) is 0 Å². The van der Waals surface area contributed by atoms with Gasteiger partial charge < -0.3 is 10.6 Å². The number of amides is 1. The van der Waals surface area contributed by atoms with E-state index in [1.54, 1.807) is 0 Å². The van der Waals surface area contributed by atoms with Gasteiger partial charge in [-0.05, 0) is 12.1 Å². The predicted octanol–water partition coefficient (Wildman–Crippen LogP) is 0.411. The zero-order chi connectivity index (χ0) is 15.3. The fraction of sp³-hybridized carbons (Fsp3) is 0.364. The molecule has 0 saturated heterocycles. The summed E-state index contributed by atoms with van der Waals surface area (Å²) in [6, 6.07) is 3.87. The van der Waals surface area contributed by atoms with Crippen LogP contribution in [0.1, 0.15) is 10.4 Å². The Balaban J connectivity index is 2.81. The van der Waals surface area contributed by atoms with E-state index in [4.69, 9.17) is 0 Å². The molecule has 0 aliphatic heterocycles. The molecule has 1 amide bonds. The smallest absolute Gasteiger partial charge is 0.292 e. The van der Waals surface area contributed by atoms with Gasteiger partial charge in [-0.1, -0.05) is 0 Å². The molecule has 0 aliphatic carbocycles. The van der Waals surface area contributed by atoms with Gasteiger partial charge >= 0.3 is 0 Å². The largest absolute Gasteiger partial charge is 0.383 e. The number of carbonyl (C=O) groups is 1. The molecule has 0 aromatic heterocycles. The van der Waals surface area contributed by atoms with Gasteiger partial charge in [-0.25, -0.2) is 8.42 Å². The van der Waals surface area contributed by atoms with Crippen molar-refractivity contribution in [3.05, 3.63) is 33.9 Å². The van der Waals surface area contributed by atoms with E-state index in [-0.39, 0.29) is 29.2 Å². The van der Waals surface area contributed by atoms with Gasteiger partial charge in [-0.2, -0.15) is 0 Å². The molecule has 0 atom stereocenters. The lowest BCUT2D eigenvalue weighted by Crippen LogP contribution is -2.28. The second-order valence-corrected chi connectivity index (χ2v) is 6.38. The Morgan fingerprint density at radius 2 is 2.05 bits per heavy atom. The minimum atomic E-state index is -3.15. The highest BCUT2D eigenvalue weighted by molar-refractivity contribution is 7.90. The molecule has 0 unspecified atom stereocenters. The minimum absolute atomic E-state index is 0.0104. The van der Waals surface area contributed by atoms with E-state index in [2.05, 4.69) is 10.6 Å². The van der Waals surface area contributed by atoms with Crippen molar-refractivity contribution in [1.82, 2.24) is 5.32 Å². The number of rotatable bonds is 6. The molecule has 0 radical (unpaired) electrons. The van der Waals surface area contributed by atoms with Crippen LogP contribution in [-0.4, -0.2) is 44.8 Å². The summed E-state index contributed by atoms with van der Waals surface area (Å²) in [4.78, 5) is 22.0. The zero-order valence-corrected chi connectivity index (χ0v) is 11.9. The van der Waals surface area contributed by atoms with Crippen LogP contribution in [0.3, 0.4) is 0 Å². The topological polar surface area (TPSA) is 118 Å². The molecule has 1 aromatic rings. The normalized spacial score (nSPS) is 10.9. The van der Waals surface area contributed by atoms with Crippen LogP contribution in [0.5, 0.6) is 0 Å². The number of benzene rings is 1. The first-order valence-corrected chi connectivity index (χ1v) is 7.73. The first-order valence-electron chi connectivity index (χ1n) is 5.66. The Hall–Kier alpha value is -2.16. The molecular weight excluding hydrogens is 286 g/mol. The van der Waals surface area contributed by atoms with Crippen molar-refractivity contribution in [2.75, 3.05) is 30.9 Å². The Morgan fingerprint density at radius 3 is 2.55 bits per heavy atom. The highest BCUT2D eigenvalue weighted by Crippen LogP contribution is 2.24. The van der Waals surface area contributed by atoms with E-state index in [0.29, 0.717) is 0 Å². The van der Waals surface area contributed by atoms with Crippen LogP contribution in [0.4, 0.5) is 11.4 Å². The Bertz CT molecular complexity index is 627. The fourth-order valence-corrected chi connectivity index (χ4v) is 1.96. The molecule has 0 aliphatic rings. The quantitative estimate of drug-likeness (QED) is 0.580. The Kier molecular flexibility index (Phi) is 5.03. The third kappa shape index (κ3) is 4.50. The summed E-state index contributed by atoms with van der Waals surface area (Å²) in [6.45, 7) is -0.0104. The molecule has 0 spiro atoms. The number of anilines is 1. The maximum atomic E-state index is 11.8. The van der Waals surface area contributed by atoms with Crippen LogP contribution in [0.15, 0.2) is 18.2 Å². The maximum Gasteiger partial charge on any atom is 0.292 e. The van der Waals surface area contributed by atoms with Crippen LogP contribution in [0, 0.1) is 10.1 Å². The van der Waals surface area contributed by atoms with Crippen LogP contribution in [0.25, 0.3) is 0 Å². The molecule has 0 fully saturated rings. The average Bonchev–Trinajstić information content (AvgIpc) is 2.36. The van der Waals surface area contributed by atoms with Crippen molar-refractivity contribution in [2.45, 2.75) is 0 Å². The highest BCUT2D eigenvalue weighted by atomic mass is 32.2. The highest BCUT2D eigenvalue weighted by Gasteiger charge is 2.15. The van der Waals surface area contributed by atoms with Crippen LogP contribution in [0.2, 0.25) is 0 Å². The molecule has 0 saturated carbocycles. The van der Waals surface area contributed by atoms with Crippen molar-refractivity contribution in [2.24, 2.45) is 0 Å². The summed E-state index contributed by atoms with van der Waals surface area (Å²) in [6.07, 6.45) is 1.07. The van der Waals surface area contributed by atoms with Crippen molar-refractivity contribution in [3.8, 4) is 0 Å². The first-order chi connectivity index (χ1) is 9.24. The summed E-state index contributed by atoms with van der Waals surface area (Å²) in [5, 5.41) is 15.8. The number of sulfone groups is 1. The summed E-state index contributed by atoms with van der Waals surface area (Å²) < 4.78 is 21.9. The van der Waals surface area contributed by atoms with Gasteiger partial charge in [0.15, 0.2) is 0 Å². The molecule has 20 heavy (non-hydrogen) atoms. The van der Waals surface area contributed by atoms with Crippen LogP contribution in [-0.2, 0) is 9.84 Å². The minimum Gasteiger partial charge on any atom is -0.383 e. The maximum absolute atomic E-state index is 11.8. The number of nitrogens with one attached hydrogen (secondary N) is 2. The van der Waals surface area contributed by atoms with Gasteiger partial charge in [0.2, 0.25) is 0 Å². The molecule has 110 valence electrons. The summed E-state index contributed by atoms with van der Waals surface area (Å²) in [5.74, 6) is -0.648. The van der Waals surface area contributed by atoms with E-state index < -0.39 is 20.7 Å². The second kappa shape index (κ2) is 6.33. The van der Waals surface area contributed by atoms with E-state index in [0.717, 1.165) is 6.26 Å². The number of carbonyl (C=O) groups excluding carboxylic acids is 1. The van der Waals surface area contributed by atoms with Crippen LogP contribution < -0.4 is 10.6 Å². The number of nitro groups is 1. The lowest BCUT2D eigenvalue weighted by molar-refractivity contribution is -0.383. The first kappa shape index (κ1) is 15.9. The monoisotopic (exact) mass is 301 g/mol. The van der Waals surface area contributed by atoms with Crippen LogP contribution >= 0.6 is 0 Å². The van der Waals surface area contributed by atoms with Gasteiger partial charge in [0.1, 0.15) is 15.5 Å². The number of nitro benzene ring substituents is 1. The van der Waals surface area contributed by atoms with E-state index >= 15 is 0 Å². The van der Waals surface area contributed by atoms with Crippen molar-refractivity contribution >= 4 is 27.1 Å². The van der Waals surface area contributed by atoms with Gasteiger partial charge in [-0.15, -0.1) is 0 Å². The van der Waals surface area contributed by atoms with E-state index in [9.17, 15) is 23.3 Å². The predicted molar refractivity (Wildman–Crippen MR) is 74.7 cm³/mol. The molecule has 8 nitrogen and oxygen atoms in total. The van der Waals surface area contributed by atoms with Gasteiger partial charge in [0.05, 0.1) is 10.7 Å². The number of nitrogens with zero attached hydrogens (tertiary/aromatic N) is 1. The van der Waals surface area contributed by atoms with Gasteiger partial charge in [0, 0.05) is 31.5 Å². The van der Waals surface area contributed by atoms with Crippen molar-refractivity contribution < 1.29 is 18.1 Å². The third-order valence-corrected chi connectivity index (χ3v) is 3.43. The van der Waals surface area contributed by atoms with E-state index in [1.807, 2.05) is 0 Å². The summed E-state index contributed by atoms with van der Waals surface area (Å²) >= 11 is 0. The molecular formula is C11H15N3O5S. The average molecular weight is 301 g/mol. The molecule has 0 heterocycles. The molecule has 1 rings (SSSR count). The van der Waals surface area contributed by atoms with Gasteiger partial charge in [0.25, 0.3) is 11.6 Å². The SMILES string of the molecule is CNc1cc(C(=O)NCCS(C)(=O)=O)ccc1[N+](=O)[O-]. The number of hydrogen-bond acceptors (Lipinski definition) is 6.